The smallest absolute Gasteiger partial charge is 0.396 e. The molecule has 6 nitrogen and oxygen atoms in total. The molecule has 0 spiro atoms. The van der Waals surface area contributed by atoms with Crippen LogP contribution in [0.1, 0.15) is 26.3 Å². The van der Waals surface area contributed by atoms with Gasteiger partial charge >= 0.3 is 4.94 Å². The van der Waals surface area contributed by atoms with E-state index in [-0.39, 0.29) is 10.6 Å². The second-order valence-corrected chi connectivity index (χ2v) is 10.2. The summed E-state index contributed by atoms with van der Waals surface area (Å²) in [4.78, 5) is 24.7. The summed E-state index contributed by atoms with van der Waals surface area (Å²) in [6.45, 7) is 5.29. The van der Waals surface area contributed by atoms with Crippen LogP contribution >= 0.6 is 11.3 Å². The lowest BCUT2D eigenvalue weighted by Crippen LogP contribution is -2.39. The monoisotopic (exact) mass is 455 g/mol. The second kappa shape index (κ2) is 7.94. The first-order valence-corrected chi connectivity index (χ1v) is 12.1. The summed E-state index contributed by atoms with van der Waals surface area (Å²) in [5.41, 5.74) is 1.59. The van der Waals surface area contributed by atoms with Crippen LogP contribution in [-0.4, -0.2) is 14.3 Å². The highest BCUT2D eigenvalue weighted by atomic mass is 32.2. The van der Waals surface area contributed by atoms with Crippen LogP contribution in [0.5, 0.6) is 0 Å². The molecule has 4 rings (SSSR count). The van der Waals surface area contributed by atoms with Crippen molar-refractivity contribution >= 4 is 54.0 Å². The van der Waals surface area contributed by atoms with Gasteiger partial charge in [-0.05, 0) is 30.2 Å². The van der Waals surface area contributed by atoms with Crippen LogP contribution in [0.3, 0.4) is 0 Å². The van der Waals surface area contributed by atoms with Gasteiger partial charge in [0.05, 0.1) is 15.3 Å². The van der Waals surface area contributed by atoms with Crippen molar-refractivity contribution in [3.8, 4) is 0 Å². The minimum atomic E-state index is -4.20. The van der Waals surface area contributed by atoms with Gasteiger partial charge < -0.3 is 4.42 Å². The standard InChI is InChI=1S/C23H21NO5S2/c1-4-15-9-11-16(12-10-15)31(27,28)24(22(25)14(2)3)19-13-20-21(29-23(26)30-20)18-8-6-5-7-17(18)19/h5-14H,4H2,1-3H3. The van der Waals surface area contributed by atoms with Crippen LogP contribution in [0.2, 0.25) is 0 Å². The van der Waals surface area contributed by atoms with Gasteiger partial charge in [0.15, 0.2) is 5.58 Å². The quantitative estimate of drug-likeness (QED) is 0.425. The Kier molecular flexibility index (Phi) is 5.45. The average molecular weight is 456 g/mol. The van der Waals surface area contributed by atoms with Crippen molar-refractivity contribution in [2.24, 2.45) is 5.92 Å². The summed E-state index contributed by atoms with van der Waals surface area (Å²) in [5, 5.41) is 1.09. The van der Waals surface area contributed by atoms with E-state index in [1.165, 1.54) is 12.1 Å². The molecule has 8 heteroatoms. The molecule has 0 atom stereocenters. The zero-order valence-electron chi connectivity index (χ0n) is 17.3. The van der Waals surface area contributed by atoms with E-state index in [0.29, 0.717) is 21.1 Å². The molecule has 4 aromatic rings. The molecule has 0 aliphatic carbocycles. The number of benzene rings is 3. The third-order valence-electron chi connectivity index (χ3n) is 5.10. The minimum Gasteiger partial charge on any atom is -0.413 e. The van der Waals surface area contributed by atoms with Crippen LogP contribution < -0.4 is 9.24 Å². The predicted octanol–water partition coefficient (Wildman–Crippen LogP) is 4.95. The molecule has 1 aromatic heterocycles. The van der Waals surface area contributed by atoms with Crippen molar-refractivity contribution in [1.82, 2.24) is 0 Å². The molecule has 1 heterocycles. The van der Waals surface area contributed by atoms with Gasteiger partial charge in [-0.25, -0.2) is 17.5 Å². The molecule has 0 radical (unpaired) electrons. The topological polar surface area (TPSA) is 84.7 Å². The summed E-state index contributed by atoms with van der Waals surface area (Å²) in [7, 11) is -4.20. The Bertz CT molecular complexity index is 1450. The summed E-state index contributed by atoms with van der Waals surface area (Å²) >= 11 is 0.875. The van der Waals surface area contributed by atoms with Gasteiger partial charge in [-0.1, -0.05) is 68.5 Å². The molecule has 0 N–H and O–H groups in total. The Hall–Kier alpha value is -2.97. The van der Waals surface area contributed by atoms with E-state index >= 15 is 0 Å². The Morgan fingerprint density at radius 2 is 1.71 bits per heavy atom. The highest BCUT2D eigenvalue weighted by molar-refractivity contribution is 7.93. The first kappa shape index (κ1) is 21.3. The first-order valence-electron chi connectivity index (χ1n) is 9.87. The van der Waals surface area contributed by atoms with Gasteiger partial charge in [0.1, 0.15) is 0 Å². The van der Waals surface area contributed by atoms with Gasteiger partial charge in [-0.3, -0.25) is 4.79 Å². The Labute approximate surface area is 183 Å². The summed E-state index contributed by atoms with van der Waals surface area (Å²) in [6, 6.07) is 15.1. The number of hydrogen-bond acceptors (Lipinski definition) is 6. The molecule has 0 unspecified atom stereocenters. The van der Waals surface area contributed by atoms with Crippen LogP contribution in [0.25, 0.3) is 21.1 Å². The maximum atomic E-state index is 13.7. The van der Waals surface area contributed by atoms with E-state index in [9.17, 15) is 18.0 Å². The fourth-order valence-corrected chi connectivity index (χ4v) is 5.72. The number of carbonyl (C=O) groups is 1. The minimum absolute atomic E-state index is 0.0308. The van der Waals surface area contributed by atoms with Crippen LogP contribution in [0.15, 0.2) is 68.7 Å². The highest BCUT2D eigenvalue weighted by Gasteiger charge is 2.34. The maximum absolute atomic E-state index is 13.7. The van der Waals surface area contributed by atoms with Gasteiger partial charge in [-0.15, -0.1) is 0 Å². The number of amides is 1. The lowest BCUT2D eigenvalue weighted by molar-refractivity contribution is -0.120. The van der Waals surface area contributed by atoms with Crippen LogP contribution in [0, 0.1) is 5.92 Å². The summed E-state index contributed by atoms with van der Waals surface area (Å²) in [6.07, 6.45) is 0.773. The number of fused-ring (bicyclic) bond motifs is 3. The average Bonchev–Trinajstić information content (AvgIpc) is 3.14. The fourth-order valence-electron chi connectivity index (χ4n) is 3.45. The zero-order valence-corrected chi connectivity index (χ0v) is 18.9. The molecule has 3 aromatic carbocycles. The largest absolute Gasteiger partial charge is 0.413 e. The van der Waals surface area contributed by atoms with E-state index < -0.39 is 26.8 Å². The van der Waals surface area contributed by atoms with Crippen molar-refractivity contribution in [2.45, 2.75) is 32.1 Å². The Morgan fingerprint density at radius 1 is 1.06 bits per heavy atom. The number of hydrogen-bond donors (Lipinski definition) is 0. The van der Waals surface area contributed by atoms with E-state index in [0.717, 1.165) is 27.6 Å². The normalized spacial score (nSPS) is 12.0. The molecule has 0 aliphatic rings. The molecule has 0 saturated carbocycles. The van der Waals surface area contributed by atoms with Crippen molar-refractivity contribution in [2.75, 3.05) is 4.31 Å². The number of sulfonamides is 1. The Morgan fingerprint density at radius 3 is 2.32 bits per heavy atom. The van der Waals surface area contributed by atoms with Gasteiger partial charge in [0.25, 0.3) is 10.0 Å². The van der Waals surface area contributed by atoms with E-state index in [1.54, 1.807) is 56.3 Å². The third kappa shape index (κ3) is 3.66. The first-order chi connectivity index (χ1) is 14.7. The SMILES string of the molecule is CCc1ccc(S(=O)(=O)N(C(=O)C(C)C)c2cc3sc(=O)oc3c3ccccc23)cc1. The Balaban J connectivity index is 2.04. The fraction of sp³-hybridized carbons (Fsp3) is 0.217. The van der Waals surface area contributed by atoms with E-state index in [1.807, 2.05) is 6.92 Å². The van der Waals surface area contributed by atoms with Gasteiger partial charge in [0.2, 0.25) is 5.91 Å². The molecular weight excluding hydrogens is 434 g/mol. The van der Waals surface area contributed by atoms with E-state index in [4.69, 9.17) is 4.42 Å². The molecule has 1 amide bonds. The number of rotatable bonds is 5. The van der Waals surface area contributed by atoms with Crippen molar-refractivity contribution in [1.29, 1.82) is 0 Å². The highest BCUT2D eigenvalue weighted by Crippen LogP contribution is 2.38. The molecule has 0 bridgehead atoms. The second-order valence-electron chi connectivity index (χ2n) is 7.48. The molecule has 0 aliphatic heterocycles. The molecule has 0 saturated heterocycles. The third-order valence-corrected chi connectivity index (χ3v) is 7.60. The van der Waals surface area contributed by atoms with Gasteiger partial charge in [0, 0.05) is 16.7 Å². The van der Waals surface area contributed by atoms with Crippen LogP contribution in [-0.2, 0) is 21.2 Å². The number of nitrogens with zero attached hydrogens (tertiary/aromatic N) is 1. The van der Waals surface area contributed by atoms with Crippen molar-refractivity contribution in [3.63, 3.8) is 0 Å². The zero-order chi connectivity index (χ0) is 22.3. The van der Waals surface area contributed by atoms with Crippen molar-refractivity contribution in [3.05, 3.63) is 69.9 Å². The van der Waals surface area contributed by atoms with E-state index in [2.05, 4.69) is 0 Å². The maximum Gasteiger partial charge on any atom is 0.396 e. The number of aryl methyl sites for hydroxylation is 1. The summed E-state index contributed by atoms with van der Waals surface area (Å²) in [5.74, 6) is -1.12. The lowest BCUT2D eigenvalue weighted by Gasteiger charge is -2.25. The molecule has 31 heavy (non-hydrogen) atoms. The predicted molar refractivity (Wildman–Crippen MR) is 123 cm³/mol. The van der Waals surface area contributed by atoms with Crippen LogP contribution in [0.4, 0.5) is 5.69 Å². The molecule has 160 valence electrons. The molecular formula is C23H21NO5S2. The van der Waals surface area contributed by atoms with Gasteiger partial charge in [-0.2, -0.15) is 0 Å². The lowest BCUT2D eigenvalue weighted by atomic mass is 10.1. The number of anilines is 1. The summed E-state index contributed by atoms with van der Waals surface area (Å²) < 4.78 is 34.1. The van der Waals surface area contributed by atoms with Crippen molar-refractivity contribution < 1.29 is 17.6 Å². The molecule has 0 fully saturated rings. The number of carbonyl (C=O) groups excluding carboxylic acids is 1.